The maximum absolute atomic E-state index is 13.6. The predicted octanol–water partition coefficient (Wildman–Crippen LogP) is 1.12. The van der Waals surface area contributed by atoms with Crippen LogP contribution in [0.4, 0.5) is 0 Å². The van der Waals surface area contributed by atoms with Gasteiger partial charge >= 0.3 is 5.97 Å². The Morgan fingerprint density at radius 2 is 1.86 bits per heavy atom. The zero-order valence-corrected chi connectivity index (χ0v) is 21.4. The van der Waals surface area contributed by atoms with E-state index in [1.165, 1.54) is 17.1 Å². The molecule has 0 radical (unpaired) electrons. The number of hydrogen-bond donors (Lipinski definition) is 3. The summed E-state index contributed by atoms with van der Waals surface area (Å²) in [5.41, 5.74) is 0.00818. The van der Waals surface area contributed by atoms with E-state index in [4.69, 9.17) is 32.7 Å². The Kier molecular flexibility index (Phi) is 8.10. The highest BCUT2D eigenvalue weighted by Crippen LogP contribution is 2.33. The number of carbonyl (C=O) groups excluding carboxylic acids is 5. The number of phenolic OH excluding ortho intramolecular Hbond substituents is 1. The Morgan fingerprint density at radius 1 is 1.16 bits per heavy atom. The van der Waals surface area contributed by atoms with Gasteiger partial charge in [0, 0.05) is 25.1 Å². The summed E-state index contributed by atoms with van der Waals surface area (Å²) in [6.45, 7) is 2.23. The van der Waals surface area contributed by atoms with Crippen LogP contribution in [0, 0.1) is 0 Å². The maximum atomic E-state index is 13.6. The molecule has 14 heteroatoms. The molecule has 200 valence electrons. The van der Waals surface area contributed by atoms with E-state index in [0.29, 0.717) is 6.42 Å². The van der Waals surface area contributed by atoms with Gasteiger partial charge in [-0.05, 0) is 38.3 Å². The van der Waals surface area contributed by atoms with Crippen LogP contribution in [-0.2, 0) is 28.7 Å². The third-order valence-electron chi connectivity index (χ3n) is 6.37. The minimum absolute atomic E-state index is 0.00818. The fourth-order valence-electron chi connectivity index (χ4n) is 4.59. The molecular formula is C23H26Cl2N4O8. The van der Waals surface area contributed by atoms with Crippen molar-refractivity contribution in [1.29, 1.82) is 0 Å². The molecule has 0 saturated carbocycles. The van der Waals surface area contributed by atoms with E-state index < -0.39 is 48.1 Å². The number of esters is 1. The second-order valence-corrected chi connectivity index (χ2v) is 9.66. The molecule has 4 unspecified atom stereocenters. The van der Waals surface area contributed by atoms with Crippen molar-refractivity contribution in [3.05, 3.63) is 27.7 Å². The maximum Gasteiger partial charge on any atom is 0.310 e. The zero-order valence-electron chi connectivity index (χ0n) is 19.9. The van der Waals surface area contributed by atoms with E-state index in [0.717, 1.165) is 5.01 Å². The molecule has 3 fully saturated rings. The van der Waals surface area contributed by atoms with E-state index in [-0.39, 0.29) is 66.1 Å². The van der Waals surface area contributed by atoms with Crippen LogP contribution < -0.4 is 10.6 Å². The molecule has 3 aliphatic heterocycles. The lowest BCUT2D eigenvalue weighted by Crippen LogP contribution is -2.64. The summed E-state index contributed by atoms with van der Waals surface area (Å²) in [7, 11) is 0. The third-order valence-corrected chi connectivity index (χ3v) is 6.95. The first-order valence-electron chi connectivity index (χ1n) is 11.8. The molecule has 1 aromatic rings. The number of amides is 4. The van der Waals surface area contributed by atoms with Gasteiger partial charge in [0.05, 0.1) is 16.5 Å². The Balaban J connectivity index is 1.53. The number of halogens is 2. The minimum Gasteiger partial charge on any atom is -0.505 e. The summed E-state index contributed by atoms with van der Waals surface area (Å²) in [5, 5.41) is 17.1. The van der Waals surface area contributed by atoms with Gasteiger partial charge in [-0.15, -0.1) is 0 Å². The number of nitrogens with zero attached hydrogens (tertiary/aromatic N) is 2. The highest BCUT2D eigenvalue weighted by Gasteiger charge is 2.46. The molecule has 3 saturated heterocycles. The Labute approximate surface area is 222 Å². The second kappa shape index (κ2) is 11.1. The molecule has 3 aliphatic rings. The molecular weight excluding hydrogens is 531 g/mol. The van der Waals surface area contributed by atoms with Crippen LogP contribution >= 0.6 is 23.2 Å². The summed E-state index contributed by atoms with van der Waals surface area (Å²) in [4.78, 5) is 64.4. The number of phenols is 1. The molecule has 0 bridgehead atoms. The van der Waals surface area contributed by atoms with Crippen LogP contribution in [0.5, 0.6) is 5.75 Å². The molecule has 0 aromatic heterocycles. The largest absolute Gasteiger partial charge is 0.505 e. The Morgan fingerprint density at radius 3 is 2.54 bits per heavy atom. The van der Waals surface area contributed by atoms with Crippen molar-refractivity contribution >= 4 is 52.8 Å². The second-order valence-electron chi connectivity index (χ2n) is 8.84. The fourth-order valence-corrected chi connectivity index (χ4v) is 5.08. The van der Waals surface area contributed by atoms with Gasteiger partial charge in [-0.25, -0.2) is 5.01 Å². The van der Waals surface area contributed by atoms with E-state index in [9.17, 15) is 29.1 Å². The Bertz CT molecular complexity index is 1110. The summed E-state index contributed by atoms with van der Waals surface area (Å²) in [5.74, 6) is -3.15. The number of benzene rings is 1. The summed E-state index contributed by atoms with van der Waals surface area (Å²) >= 11 is 11.8. The van der Waals surface area contributed by atoms with Crippen LogP contribution in [0.25, 0.3) is 0 Å². The summed E-state index contributed by atoms with van der Waals surface area (Å²) in [6, 6.07) is -0.499. The fraction of sp³-hybridized carbons (Fsp3) is 0.522. The van der Waals surface area contributed by atoms with Gasteiger partial charge in [-0.3, -0.25) is 29.0 Å². The molecule has 0 aliphatic carbocycles. The smallest absolute Gasteiger partial charge is 0.310 e. The van der Waals surface area contributed by atoms with Gasteiger partial charge in [0.15, 0.2) is 5.75 Å². The van der Waals surface area contributed by atoms with Crippen molar-refractivity contribution in [3.8, 4) is 5.75 Å². The molecule has 4 rings (SSSR count). The highest BCUT2D eigenvalue weighted by atomic mass is 35.5. The number of carbonyl (C=O) groups is 5. The van der Waals surface area contributed by atoms with Crippen molar-refractivity contribution in [2.75, 3.05) is 13.2 Å². The zero-order chi connectivity index (χ0) is 26.9. The van der Waals surface area contributed by atoms with Crippen LogP contribution in [-0.4, -0.2) is 82.3 Å². The quantitative estimate of drug-likeness (QED) is 0.440. The van der Waals surface area contributed by atoms with E-state index in [1.54, 1.807) is 6.92 Å². The van der Waals surface area contributed by atoms with Crippen LogP contribution in [0.3, 0.4) is 0 Å². The van der Waals surface area contributed by atoms with Crippen molar-refractivity contribution in [2.45, 2.75) is 63.4 Å². The first-order chi connectivity index (χ1) is 17.6. The predicted molar refractivity (Wildman–Crippen MR) is 128 cm³/mol. The number of fused-ring (bicyclic) bond motifs is 1. The van der Waals surface area contributed by atoms with E-state index in [2.05, 4.69) is 10.6 Å². The number of ether oxygens (including phenoxy) is 2. The molecule has 0 spiro atoms. The molecule has 3 N–H and O–H groups in total. The molecule has 12 nitrogen and oxygen atoms in total. The molecule has 4 atom stereocenters. The van der Waals surface area contributed by atoms with Gasteiger partial charge < -0.3 is 25.2 Å². The van der Waals surface area contributed by atoms with E-state index in [1.807, 2.05) is 0 Å². The number of nitrogens with one attached hydrogen (secondary N) is 2. The van der Waals surface area contributed by atoms with E-state index >= 15 is 0 Å². The molecule has 37 heavy (non-hydrogen) atoms. The average molecular weight is 557 g/mol. The normalized spacial score (nSPS) is 25.9. The number of rotatable bonds is 6. The number of aromatic hydroxyl groups is 1. The van der Waals surface area contributed by atoms with Crippen LogP contribution in [0.15, 0.2) is 12.1 Å². The van der Waals surface area contributed by atoms with Gasteiger partial charge in [0.25, 0.3) is 11.8 Å². The third kappa shape index (κ3) is 5.60. The van der Waals surface area contributed by atoms with Crippen molar-refractivity contribution in [2.24, 2.45) is 0 Å². The number of hydrazine groups is 1. The average Bonchev–Trinajstić information content (AvgIpc) is 3.15. The minimum atomic E-state index is -1.12. The Hall–Kier alpha value is -3.09. The lowest BCUT2D eigenvalue weighted by Gasteiger charge is -2.43. The van der Waals surface area contributed by atoms with Gasteiger partial charge in [-0.1, -0.05) is 23.2 Å². The van der Waals surface area contributed by atoms with Gasteiger partial charge in [-0.2, -0.15) is 0 Å². The van der Waals surface area contributed by atoms with Gasteiger partial charge in [0.1, 0.15) is 18.1 Å². The SMILES string of the molecule is CCOC1OC(=O)CC1NC(=O)C1CCCN2C(=O)CCC(NC(=O)c3cc(Cl)c(O)c(Cl)c3)C(=O)N12. The van der Waals surface area contributed by atoms with Crippen LogP contribution in [0.2, 0.25) is 10.0 Å². The first kappa shape index (κ1) is 27.0. The van der Waals surface area contributed by atoms with Crippen LogP contribution in [0.1, 0.15) is 49.4 Å². The lowest BCUT2D eigenvalue weighted by molar-refractivity contribution is -0.177. The number of hydrogen-bond acceptors (Lipinski definition) is 8. The lowest BCUT2D eigenvalue weighted by atomic mass is 10.0. The van der Waals surface area contributed by atoms with Crippen molar-refractivity contribution < 1.29 is 38.6 Å². The monoisotopic (exact) mass is 556 g/mol. The number of cyclic esters (lactones) is 1. The molecule has 1 aromatic carbocycles. The standard InChI is InChI=1S/C23H26Cl2N4O8/c1-2-36-23-15(10-18(31)37-23)27-21(34)16-4-3-7-28-17(30)6-5-14(22(35)29(16)28)26-20(33)11-8-12(24)19(32)13(25)9-11/h8-9,14-16,23,32H,2-7,10H2,1H3,(H,26,33)(H,27,34). The topological polar surface area (TPSA) is 155 Å². The summed E-state index contributed by atoms with van der Waals surface area (Å²) < 4.78 is 10.5. The first-order valence-corrected chi connectivity index (χ1v) is 12.6. The van der Waals surface area contributed by atoms with Crippen molar-refractivity contribution in [3.63, 3.8) is 0 Å². The van der Waals surface area contributed by atoms with Gasteiger partial charge in [0.2, 0.25) is 18.1 Å². The van der Waals surface area contributed by atoms with Crippen molar-refractivity contribution in [1.82, 2.24) is 20.7 Å². The highest BCUT2D eigenvalue weighted by molar-refractivity contribution is 6.37. The molecule has 3 heterocycles. The molecule has 4 amide bonds. The summed E-state index contributed by atoms with van der Waals surface area (Å²) in [6.07, 6.45) is -0.303.